The van der Waals surface area contributed by atoms with E-state index in [-0.39, 0.29) is 6.10 Å². The van der Waals surface area contributed by atoms with Crippen LogP contribution in [0.1, 0.15) is 25.7 Å². The molecule has 0 spiro atoms. The maximum absolute atomic E-state index is 11.9. The Morgan fingerprint density at radius 1 is 1.27 bits per heavy atom. The van der Waals surface area contributed by atoms with Crippen molar-refractivity contribution in [2.24, 2.45) is 0 Å². The molecule has 5 heteroatoms. The highest BCUT2D eigenvalue weighted by Gasteiger charge is 2.44. The van der Waals surface area contributed by atoms with E-state index in [1.54, 1.807) is 18.0 Å². The first kappa shape index (κ1) is 14.8. The number of aromatic nitrogens is 2. The summed E-state index contributed by atoms with van der Waals surface area (Å²) in [4.78, 5) is 11.9. The lowest BCUT2D eigenvalue weighted by Gasteiger charge is -2.36. The summed E-state index contributed by atoms with van der Waals surface area (Å²) in [5.41, 5.74) is 1.03. The second-order valence-electron chi connectivity index (χ2n) is 5.81. The van der Waals surface area contributed by atoms with Gasteiger partial charge >= 0.3 is 5.97 Å². The van der Waals surface area contributed by atoms with Crippen LogP contribution in [0.3, 0.4) is 0 Å². The predicted molar refractivity (Wildman–Crippen MR) is 82.5 cm³/mol. The minimum Gasteiger partial charge on any atom is -0.479 e. The topological polar surface area (TPSA) is 64.3 Å². The number of nitrogens with zero attached hydrogens (tertiary/aromatic N) is 2. The molecule has 5 nitrogen and oxygen atoms in total. The van der Waals surface area contributed by atoms with Gasteiger partial charge in [0.15, 0.2) is 5.54 Å². The molecule has 0 amide bonds. The van der Waals surface area contributed by atoms with Crippen LogP contribution in [0.25, 0.3) is 11.1 Å². The SMILES string of the molecule is COC1CCC(C(=O)O)(n2cc(-c3ccccc3)cn2)CC1. The Labute approximate surface area is 129 Å². The molecule has 1 fully saturated rings. The molecule has 1 aromatic carbocycles. The molecule has 0 aliphatic heterocycles. The van der Waals surface area contributed by atoms with Gasteiger partial charge in [-0.05, 0) is 31.2 Å². The van der Waals surface area contributed by atoms with Crippen LogP contribution in [0.4, 0.5) is 0 Å². The van der Waals surface area contributed by atoms with E-state index in [9.17, 15) is 9.90 Å². The summed E-state index contributed by atoms with van der Waals surface area (Å²) in [6.07, 6.45) is 6.29. The number of ether oxygens (including phenoxy) is 1. The number of methoxy groups -OCH3 is 1. The highest BCUT2D eigenvalue weighted by atomic mass is 16.5. The van der Waals surface area contributed by atoms with Crippen molar-refractivity contribution in [3.05, 3.63) is 42.7 Å². The van der Waals surface area contributed by atoms with Crippen molar-refractivity contribution in [1.29, 1.82) is 0 Å². The van der Waals surface area contributed by atoms with Crippen LogP contribution in [0, 0.1) is 0 Å². The van der Waals surface area contributed by atoms with Gasteiger partial charge in [0.25, 0.3) is 0 Å². The molecule has 1 heterocycles. The zero-order valence-electron chi connectivity index (χ0n) is 12.6. The molecule has 116 valence electrons. The Kier molecular flexibility index (Phi) is 3.98. The number of aliphatic carboxylic acids is 1. The van der Waals surface area contributed by atoms with E-state index in [4.69, 9.17) is 4.74 Å². The number of carboxylic acid groups (broad SMARTS) is 1. The van der Waals surface area contributed by atoms with E-state index in [1.165, 1.54) is 0 Å². The van der Waals surface area contributed by atoms with Crippen molar-refractivity contribution >= 4 is 5.97 Å². The monoisotopic (exact) mass is 300 g/mol. The van der Waals surface area contributed by atoms with Gasteiger partial charge in [0, 0.05) is 18.9 Å². The van der Waals surface area contributed by atoms with Gasteiger partial charge < -0.3 is 9.84 Å². The van der Waals surface area contributed by atoms with Gasteiger partial charge in [-0.25, -0.2) is 4.79 Å². The average Bonchev–Trinajstić information content (AvgIpc) is 3.06. The van der Waals surface area contributed by atoms with Crippen LogP contribution in [0.2, 0.25) is 0 Å². The maximum Gasteiger partial charge on any atom is 0.331 e. The summed E-state index contributed by atoms with van der Waals surface area (Å²) in [7, 11) is 1.68. The number of hydrogen-bond donors (Lipinski definition) is 1. The number of carboxylic acids is 1. The zero-order valence-corrected chi connectivity index (χ0v) is 12.6. The van der Waals surface area contributed by atoms with Crippen molar-refractivity contribution in [2.75, 3.05) is 7.11 Å². The molecule has 1 N–H and O–H groups in total. The molecule has 0 atom stereocenters. The lowest BCUT2D eigenvalue weighted by molar-refractivity contribution is -0.151. The van der Waals surface area contributed by atoms with Crippen LogP contribution >= 0.6 is 0 Å². The minimum atomic E-state index is -0.956. The molecular weight excluding hydrogens is 280 g/mol. The van der Waals surface area contributed by atoms with Crippen molar-refractivity contribution < 1.29 is 14.6 Å². The molecule has 1 aromatic heterocycles. The fourth-order valence-corrected chi connectivity index (χ4v) is 3.18. The van der Waals surface area contributed by atoms with Gasteiger partial charge in [-0.3, -0.25) is 4.68 Å². The van der Waals surface area contributed by atoms with Crippen LogP contribution in [0.5, 0.6) is 0 Å². The third kappa shape index (κ3) is 2.52. The Hall–Kier alpha value is -2.14. The highest BCUT2D eigenvalue weighted by Crippen LogP contribution is 2.36. The van der Waals surface area contributed by atoms with Gasteiger partial charge in [0.1, 0.15) is 0 Å². The molecular formula is C17H20N2O3. The molecule has 0 radical (unpaired) electrons. The van der Waals surface area contributed by atoms with Gasteiger partial charge in [-0.15, -0.1) is 0 Å². The third-order valence-electron chi connectivity index (χ3n) is 4.62. The smallest absolute Gasteiger partial charge is 0.331 e. The van der Waals surface area contributed by atoms with Gasteiger partial charge in [-0.1, -0.05) is 30.3 Å². The van der Waals surface area contributed by atoms with Crippen molar-refractivity contribution in [2.45, 2.75) is 37.3 Å². The van der Waals surface area contributed by atoms with E-state index in [0.717, 1.165) is 24.0 Å². The van der Waals surface area contributed by atoms with Gasteiger partial charge in [0.2, 0.25) is 0 Å². The van der Waals surface area contributed by atoms with Crippen LogP contribution in [-0.4, -0.2) is 34.1 Å². The number of benzene rings is 1. The summed E-state index contributed by atoms with van der Waals surface area (Å²) < 4.78 is 6.98. The Morgan fingerprint density at radius 3 is 2.55 bits per heavy atom. The Balaban J connectivity index is 1.91. The quantitative estimate of drug-likeness (QED) is 0.943. The van der Waals surface area contributed by atoms with Gasteiger partial charge in [0.05, 0.1) is 12.3 Å². The first-order valence-electron chi connectivity index (χ1n) is 7.52. The van der Waals surface area contributed by atoms with E-state index >= 15 is 0 Å². The van der Waals surface area contributed by atoms with E-state index < -0.39 is 11.5 Å². The molecule has 1 aliphatic carbocycles. The number of carbonyl (C=O) groups is 1. The normalized spacial score (nSPS) is 25.0. The van der Waals surface area contributed by atoms with Crippen LogP contribution < -0.4 is 0 Å². The standard InChI is InChI=1S/C17H20N2O3/c1-22-15-7-9-17(10-8-15,16(20)21)19-12-14(11-18-19)13-5-3-2-4-6-13/h2-6,11-12,15H,7-10H2,1H3,(H,20,21). The molecule has 1 saturated carbocycles. The molecule has 0 unspecified atom stereocenters. The first-order valence-corrected chi connectivity index (χ1v) is 7.52. The fraction of sp³-hybridized carbons (Fsp3) is 0.412. The summed E-state index contributed by atoms with van der Waals surface area (Å²) in [5, 5.41) is 14.1. The second kappa shape index (κ2) is 5.93. The first-order chi connectivity index (χ1) is 10.7. The molecule has 1 aliphatic rings. The summed E-state index contributed by atoms with van der Waals surface area (Å²) in [5.74, 6) is -0.815. The summed E-state index contributed by atoms with van der Waals surface area (Å²) in [6, 6.07) is 9.87. The van der Waals surface area contributed by atoms with Crippen molar-refractivity contribution in [3.63, 3.8) is 0 Å². The highest BCUT2D eigenvalue weighted by molar-refractivity contribution is 5.77. The van der Waals surface area contributed by atoms with Crippen LogP contribution in [0.15, 0.2) is 42.7 Å². The lowest BCUT2D eigenvalue weighted by Crippen LogP contribution is -2.46. The summed E-state index contributed by atoms with van der Waals surface area (Å²) >= 11 is 0. The largest absolute Gasteiger partial charge is 0.479 e. The molecule has 0 saturated heterocycles. The van der Waals surface area contributed by atoms with Crippen molar-refractivity contribution in [1.82, 2.24) is 9.78 Å². The third-order valence-corrected chi connectivity index (χ3v) is 4.62. The van der Waals surface area contributed by atoms with Crippen molar-refractivity contribution in [3.8, 4) is 11.1 Å². The fourth-order valence-electron chi connectivity index (χ4n) is 3.18. The van der Waals surface area contributed by atoms with E-state index in [1.807, 2.05) is 36.5 Å². The summed E-state index contributed by atoms with van der Waals surface area (Å²) in [6.45, 7) is 0. The van der Waals surface area contributed by atoms with E-state index in [0.29, 0.717) is 12.8 Å². The van der Waals surface area contributed by atoms with E-state index in [2.05, 4.69) is 5.10 Å². The van der Waals surface area contributed by atoms with Gasteiger partial charge in [-0.2, -0.15) is 5.10 Å². The molecule has 3 rings (SSSR count). The zero-order chi connectivity index (χ0) is 15.6. The molecule has 0 bridgehead atoms. The Morgan fingerprint density at radius 2 is 1.95 bits per heavy atom. The lowest BCUT2D eigenvalue weighted by atomic mass is 9.80. The molecule has 2 aromatic rings. The number of rotatable bonds is 4. The minimum absolute atomic E-state index is 0.150. The number of hydrogen-bond acceptors (Lipinski definition) is 3. The van der Waals surface area contributed by atoms with Crippen LogP contribution in [-0.2, 0) is 15.1 Å². The predicted octanol–water partition coefficient (Wildman–Crippen LogP) is 2.92. The Bertz CT molecular complexity index is 643. The average molecular weight is 300 g/mol. The molecule has 22 heavy (non-hydrogen) atoms. The second-order valence-corrected chi connectivity index (χ2v) is 5.81. The maximum atomic E-state index is 11.9.